The van der Waals surface area contributed by atoms with Crippen LogP contribution >= 0.6 is 0 Å². The van der Waals surface area contributed by atoms with Crippen LogP contribution in [0.1, 0.15) is 41.6 Å². The number of nitriles is 1. The van der Waals surface area contributed by atoms with Crippen LogP contribution in [0.5, 0.6) is 5.75 Å². The van der Waals surface area contributed by atoms with E-state index in [-0.39, 0.29) is 17.7 Å². The van der Waals surface area contributed by atoms with E-state index in [1.54, 1.807) is 30.3 Å². The number of non-ortho nitro benzene ring substituents is 2. The Labute approximate surface area is 206 Å². The second-order valence-electron chi connectivity index (χ2n) is 7.38. The number of carbonyl (C=O) groups excluding carboxylic acids is 2. The number of esters is 2. The second-order valence-corrected chi connectivity index (χ2v) is 7.38. The SMILES string of the molecule is COC(=O)/C(C#N)=C/c1ccc(OCCCCCCOC(=O)c2cc([N+](=O)[O-])cc([N+](=O)[O-])c2)cc1. The molecule has 0 heterocycles. The molecule has 2 rings (SSSR count). The van der Waals surface area contributed by atoms with E-state index in [9.17, 15) is 29.8 Å². The summed E-state index contributed by atoms with van der Waals surface area (Å²) in [4.78, 5) is 43.8. The summed E-state index contributed by atoms with van der Waals surface area (Å²) in [5.74, 6) is -0.943. The van der Waals surface area contributed by atoms with Crippen molar-refractivity contribution in [2.24, 2.45) is 0 Å². The highest BCUT2D eigenvalue weighted by Gasteiger charge is 2.20. The van der Waals surface area contributed by atoms with Gasteiger partial charge in [-0.1, -0.05) is 12.1 Å². The van der Waals surface area contributed by atoms with E-state index in [1.807, 2.05) is 0 Å². The molecule has 0 aromatic heterocycles. The van der Waals surface area contributed by atoms with Crippen LogP contribution in [0.4, 0.5) is 11.4 Å². The molecule has 0 saturated heterocycles. The summed E-state index contributed by atoms with van der Waals surface area (Å²) in [7, 11) is 1.20. The first-order valence-electron chi connectivity index (χ1n) is 10.8. The fraction of sp³-hybridized carbons (Fsp3) is 0.292. The van der Waals surface area contributed by atoms with Crippen molar-refractivity contribution in [2.45, 2.75) is 25.7 Å². The first kappa shape index (κ1) is 27.5. The van der Waals surface area contributed by atoms with Gasteiger partial charge in [-0.2, -0.15) is 5.26 Å². The number of nitro benzene ring substituents is 2. The molecule has 0 atom stereocenters. The standard InChI is InChI=1S/C24H23N3O9/c1-34-23(28)19(16-25)12-17-6-8-22(9-7-17)35-10-4-2-3-5-11-36-24(29)18-13-20(26(30)31)15-21(14-18)27(32)33/h6-9,12-15H,2-5,10-11H2,1H3/b19-12+. The van der Waals surface area contributed by atoms with Gasteiger partial charge in [-0.15, -0.1) is 0 Å². The molecule has 2 aromatic carbocycles. The molecule has 0 aliphatic heterocycles. The zero-order chi connectivity index (χ0) is 26.5. The van der Waals surface area contributed by atoms with Gasteiger partial charge in [-0.05, 0) is 49.5 Å². The fourth-order valence-electron chi connectivity index (χ4n) is 2.99. The minimum absolute atomic E-state index is 0.0709. The van der Waals surface area contributed by atoms with Gasteiger partial charge in [-0.3, -0.25) is 20.2 Å². The number of carbonyl (C=O) groups is 2. The third-order valence-corrected chi connectivity index (χ3v) is 4.82. The summed E-state index contributed by atoms with van der Waals surface area (Å²) < 4.78 is 15.3. The molecule has 36 heavy (non-hydrogen) atoms. The molecule has 0 aliphatic carbocycles. The molecular weight excluding hydrogens is 474 g/mol. The molecule has 0 spiro atoms. The first-order valence-corrected chi connectivity index (χ1v) is 10.8. The molecule has 0 bridgehead atoms. The lowest BCUT2D eigenvalue weighted by Crippen LogP contribution is -2.08. The van der Waals surface area contributed by atoms with Crippen molar-refractivity contribution in [1.82, 2.24) is 0 Å². The van der Waals surface area contributed by atoms with Gasteiger partial charge >= 0.3 is 11.9 Å². The smallest absolute Gasteiger partial charge is 0.348 e. The van der Waals surface area contributed by atoms with Crippen LogP contribution in [0.25, 0.3) is 6.08 Å². The molecule has 0 fully saturated rings. The second kappa shape index (κ2) is 13.8. The predicted molar refractivity (Wildman–Crippen MR) is 126 cm³/mol. The molecular formula is C24H23N3O9. The Balaban J connectivity index is 1.69. The Kier molecular flexibility index (Phi) is 10.5. The number of rotatable bonds is 13. The molecule has 0 amide bonds. The lowest BCUT2D eigenvalue weighted by molar-refractivity contribution is -0.394. The Morgan fingerprint density at radius 2 is 1.53 bits per heavy atom. The van der Waals surface area contributed by atoms with Crippen molar-refractivity contribution in [1.29, 1.82) is 5.26 Å². The highest BCUT2D eigenvalue weighted by atomic mass is 16.6. The molecule has 188 valence electrons. The summed E-state index contributed by atoms with van der Waals surface area (Å²) >= 11 is 0. The van der Waals surface area contributed by atoms with Gasteiger partial charge in [0, 0.05) is 12.1 Å². The van der Waals surface area contributed by atoms with Crippen molar-refractivity contribution < 1.29 is 33.6 Å². The van der Waals surface area contributed by atoms with E-state index in [0.29, 0.717) is 24.3 Å². The van der Waals surface area contributed by atoms with Crippen molar-refractivity contribution in [3.8, 4) is 11.8 Å². The number of nitro groups is 2. The van der Waals surface area contributed by atoms with Gasteiger partial charge in [0.05, 0.1) is 41.8 Å². The maximum atomic E-state index is 12.1. The van der Waals surface area contributed by atoms with Crippen LogP contribution in [0, 0.1) is 31.6 Å². The summed E-state index contributed by atoms with van der Waals surface area (Å²) in [6.07, 6.45) is 4.24. The Bertz CT molecular complexity index is 1150. The van der Waals surface area contributed by atoms with E-state index in [4.69, 9.17) is 14.7 Å². The summed E-state index contributed by atoms with van der Waals surface area (Å²) in [6, 6.07) is 11.3. The minimum atomic E-state index is -0.864. The van der Waals surface area contributed by atoms with Gasteiger partial charge in [0.1, 0.15) is 17.4 Å². The van der Waals surface area contributed by atoms with Gasteiger partial charge in [0.25, 0.3) is 11.4 Å². The van der Waals surface area contributed by atoms with E-state index >= 15 is 0 Å². The van der Waals surface area contributed by atoms with E-state index in [1.165, 1.54) is 13.2 Å². The summed E-state index contributed by atoms with van der Waals surface area (Å²) in [6.45, 7) is 0.527. The number of hydrogen-bond donors (Lipinski definition) is 0. The fourth-order valence-corrected chi connectivity index (χ4v) is 2.99. The van der Waals surface area contributed by atoms with Crippen LogP contribution in [0.2, 0.25) is 0 Å². The third-order valence-electron chi connectivity index (χ3n) is 4.82. The molecule has 12 heteroatoms. The highest BCUT2D eigenvalue weighted by Crippen LogP contribution is 2.23. The first-order chi connectivity index (χ1) is 17.2. The quantitative estimate of drug-likeness (QED) is 0.0965. The van der Waals surface area contributed by atoms with Crippen LogP contribution in [-0.4, -0.2) is 42.1 Å². The molecule has 0 saturated carbocycles. The van der Waals surface area contributed by atoms with Gasteiger partial charge in [0.2, 0.25) is 0 Å². The zero-order valence-electron chi connectivity index (χ0n) is 19.4. The number of methoxy groups -OCH3 is 1. The van der Waals surface area contributed by atoms with Crippen molar-refractivity contribution >= 4 is 29.4 Å². The topological polar surface area (TPSA) is 172 Å². The molecule has 0 N–H and O–H groups in total. The number of hydrogen-bond acceptors (Lipinski definition) is 10. The van der Waals surface area contributed by atoms with Crippen LogP contribution in [0.3, 0.4) is 0 Å². The van der Waals surface area contributed by atoms with E-state index in [0.717, 1.165) is 37.5 Å². The van der Waals surface area contributed by atoms with Gasteiger partial charge in [0.15, 0.2) is 0 Å². The van der Waals surface area contributed by atoms with Crippen LogP contribution in [0.15, 0.2) is 48.0 Å². The number of unbranched alkanes of at least 4 members (excludes halogenated alkanes) is 3. The molecule has 0 unspecified atom stereocenters. The van der Waals surface area contributed by atoms with Crippen molar-refractivity contribution in [3.63, 3.8) is 0 Å². The van der Waals surface area contributed by atoms with Gasteiger partial charge in [-0.25, -0.2) is 9.59 Å². The average Bonchev–Trinajstić information content (AvgIpc) is 2.88. The Morgan fingerprint density at radius 3 is 2.06 bits per heavy atom. The number of benzene rings is 2. The lowest BCUT2D eigenvalue weighted by Gasteiger charge is -2.07. The molecule has 0 aliphatic rings. The zero-order valence-corrected chi connectivity index (χ0v) is 19.4. The van der Waals surface area contributed by atoms with Crippen LogP contribution < -0.4 is 4.74 Å². The maximum Gasteiger partial charge on any atom is 0.348 e. The molecule has 0 radical (unpaired) electrons. The molecule has 2 aromatic rings. The van der Waals surface area contributed by atoms with Crippen molar-refractivity contribution in [2.75, 3.05) is 20.3 Å². The largest absolute Gasteiger partial charge is 0.494 e. The normalized spacial score (nSPS) is 10.7. The van der Waals surface area contributed by atoms with E-state index < -0.39 is 33.2 Å². The number of nitrogens with zero attached hydrogens (tertiary/aromatic N) is 3. The Hall–Kier alpha value is -4.79. The monoisotopic (exact) mass is 497 g/mol. The predicted octanol–water partition coefficient (Wildman–Crippen LogP) is 4.38. The number of ether oxygens (including phenoxy) is 3. The summed E-state index contributed by atoms with van der Waals surface area (Å²) in [5, 5.41) is 30.8. The average molecular weight is 497 g/mol. The highest BCUT2D eigenvalue weighted by molar-refractivity contribution is 5.97. The van der Waals surface area contributed by atoms with E-state index in [2.05, 4.69) is 4.74 Å². The third kappa shape index (κ3) is 8.53. The van der Waals surface area contributed by atoms with Crippen LogP contribution in [-0.2, 0) is 14.3 Å². The maximum absolute atomic E-state index is 12.1. The van der Waals surface area contributed by atoms with Crippen molar-refractivity contribution in [3.05, 3.63) is 79.4 Å². The molecule has 12 nitrogen and oxygen atoms in total. The summed E-state index contributed by atoms with van der Waals surface area (Å²) in [5.41, 5.74) is -0.826. The Morgan fingerprint density at radius 1 is 0.944 bits per heavy atom. The van der Waals surface area contributed by atoms with Gasteiger partial charge < -0.3 is 14.2 Å². The lowest BCUT2D eigenvalue weighted by atomic mass is 10.1. The minimum Gasteiger partial charge on any atom is -0.494 e.